The monoisotopic (exact) mass is 289 g/mol. The van der Waals surface area contributed by atoms with Gasteiger partial charge in [0, 0.05) is 17.9 Å². The molecule has 0 aliphatic heterocycles. The highest BCUT2D eigenvalue weighted by Crippen LogP contribution is 2.69. The van der Waals surface area contributed by atoms with Crippen LogP contribution in [-0.2, 0) is 5.41 Å². The Kier molecular flexibility index (Phi) is 2.68. The lowest BCUT2D eigenvalue weighted by Gasteiger charge is -2.64. The molecule has 0 spiro atoms. The van der Waals surface area contributed by atoms with E-state index in [2.05, 4.69) is 25.9 Å². The Morgan fingerprint density at radius 3 is 2.43 bits per heavy atom. The number of nitrogens with zero attached hydrogens (tertiary/aromatic N) is 2. The second-order valence-electron chi connectivity index (χ2n) is 9.00. The zero-order valence-corrected chi connectivity index (χ0v) is 13.5. The van der Waals surface area contributed by atoms with E-state index in [-0.39, 0.29) is 11.3 Å². The summed E-state index contributed by atoms with van der Waals surface area (Å²) in [7, 11) is 0. The molecule has 5 rings (SSSR count). The highest BCUT2D eigenvalue weighted by molar-refractivity contribution is 5.21. The van der Waals surface area contributed by atoms with Crippen LogP contribution in [0.1, 0.15) is 76.9 Å². The van der Waals surface area contributed by atoms with Gasteiger partial charge >= 0.3 is 0 Å². The minimum absolute atomic E-state index is 0.159. The second kappa shape index (κ2) is 4.09. The summed E-state index contributed by atoms with van der Waals surface area (Å²) < 4.78 is 5.53. The number of nitrogens with two attached hydrogens (primary N) is 1. The van der Waals surface area contributed by atoms with Gasteiger partial charge in [0.15, 0.2) is 5.82 Å². The van der Waals surface area contributed by atoms with Gasteiger partial charge in [-0.3, -0.25) is 0 Å². The van der Waals surface area contributed by atoms with Gasteiger partial charge < -0.3 is 10.3 Å². The third-order valence-corrected chi connectivity index (χ3v) is 6.32. The number of aromatic nitrogens is 2. The smallest absolute Gasteiger partial charge is 0.230 e. The fraction of sp³-hybridized carbons (Fsp3) is 0.882. The van der Waals surface area contributed by atoms with Crippen LogP contribution in [-0.4, -0.2) is 16.7 Å². The molecule has 21 heavy (non-hydrogen) atoms. The van der Waals surface area contributed by atoms with Crippen LogP contribution in [0.2, 0.25) is 0 Å². The summed E-state index contributed by atoms with van der Waals surface area (Å²) in [5, 5.41) is 4.40. The van der Waals surface area contributed by atoms with Crippen LogP contribution in [0, 0.1) is 16.7 Å². The first kappa shape index (κ1) is 13.7. The fourth-order valence-corrected chi connectivity index (χ4v) is 6.45. The molecule has 0 aromatic carbocycles. The SMILES string of the molecule is CC(CN)c1nc(C23CC4CC(C)(CC(C)(C4)C2)C3)no1. The molecule has 1 heterocycles. The molecule has 3 unspecified atom stereocenters. The maximum absolute atomic E-state index is 5.73. The molecule has 0 radical (unpaired) electrons. The predicted octanol–water partition coefficient (Wildman–Crippen LogP) is 3.38. The van der Waals surface area contributed by atoms with Crippen molar-refractivity contribution in [1.82, 2.24) is 10.1 Å². The molecule has 116 valence electrons. The van der Waals surface area contributed by atoms with Crippen LogP contribution in [0.5, 0.6) is 0 Å². The summed E-state index contributed by atoms with van der Waals surface area (Å²) in [5.74, 6) is 2.70. The Hall–Kier alpha value is -0.900. The highest BCUT2D eigenvalue weighted by Gasteiger charge is 2.62. The standard InChI is InChI=1S/C17H27N3O/c1-11(7-18)13-19-14(20-21-13)17-6-12-4-15(2,9-17)8-16(3,5-12)10-17/h11-12H,4-10,18H2,1-3H3. The Balaban J connectivity index is 1.72. The summed E-state index contributed by atoms with van der Waals surface area (Å²) in [4.78, 5) is 4.78. The predicted molar refractivity (Wildman–Crippen MR) is 80.9 cm³/mol. The van der Waals surface area contributed by atoms with Crippen molar-refractivity contribution in [3.05, 3.63) is 11.7 Å². The molecule has 4 bridgehead atoms. The van der Waals surface area contributed by atoms with Crippen molar-refractivity contribution >= 4 is 0 Å². The molecule has 3 atom stereocenters. The van der Waals surface area contributed by atoms with Crippen molar-refractivity contribution in [3.63, 3.8) is 0 Å². The Morgan fingerprint density at radius 2 is 1.86 bits per heavy atom. The lowest BCUT2D eigenvalue weighted by atomic mass is 9.40. The average molecular weight is 289 g/mol. The van der Waals surface area contributed by atoms with Crippen LogP contribution in [0.4, 0.5) is 0 Å². The summed E-state index contributed by atoms with van der Waals surface area (Å²) in [6.07, 6.45) is 7.91. The zero-order chi connectivity index (χ0) is 14.9. The van der Waals surface area contributed by atoms with Crippen molar-refractivity contribution < 1.29 is 4.52 Å². The van der Waals surface area contributed by atoms with E-state index in [0.29, 0.717) is 17.4 Å². The highest BCUT2D eigenvalue weighted by atomic mass is 16.5. The van der Waals surface area contributed by atoms with Crippen molar-refractivity contribution in [2.45, 2.75) is 70.6 Å². The van der Waals surface area contributed by atoms with Crippen LogP contribution in [0.15, 0.2) is 4.52 Å². The van der Waals surface area contributed by atoms with Crippen molar-refractivity contribution in [2.24, 2.45) is 22.5 Å². The van der Waals surface area contributed by atoms with E-state index >= 15 is 0 Å². The molecule has 1 aromatic heterocycles. The van der Waals surface area contributed by atoms with Crippen LogP contribution < -0.4 is 5.73 Å². The van der Waals surface area contributed by atoms with Crippen molar-refractivity contribution in [1.29, 1.82) is 0 Å². The summed E-state index contributed by atoms with van der Waals surface area (Å²) >= 11 is 0. The topological polar surface area (TPSA) is 64.9 Å². The number of hydrogen-bond acceptors (Lipinski definition) is 4. The number of rotatable bonds is 3. The van der Waals surface area contributed by atoms with Gasteiger partial charge in [0.1, 0.15) is 0 Å². The molecule has 4 heteroatoms. The van der Waals surface area contributed by atoms with Crippen LogP contribution >= 0.6 is 0 Å². The molecular formula is C17H27N3O. The molecule has 4 nitrogen and oxygen atoms in total. The van der Waals surface area contributed by atoms with E-state index in [9.17, 15) is 0 Å². The molecule has 2 N–H and O–H groups in total. The maximum atomic E-state index is 5.73. The Morgan fingerprint density at radius 1 is 1.19 bits per heavy atom. The van der Waals surface area contributed by atoms with E-state index in [1.807, 2.05) is 0 Å². The van der Waals surface area contributed by atoms with Gasteiger partial charge in [0.2, 0.25) is 5.89 Å². The molecule has 0 saturated heterocycles. The van der Waals surface area contributed by atoms with Crippen LogP contribution in [0.25, 0.3) is 0 Å². The Bertz CT molecular complexity index is 548. The molecule has 0 amide bonds. The molecular weight excluding hydrogens is 262 g/mol. The Labute approximate surface area is 126 Å². The van der Waals surface area contributed by atoms with E-state index in [1.165, 1.54) is 38.5 Å². The van der Waals surface area contributed by atoms with Gasteiger partial charge in [-0.05, 0) is 55.3 Å². The largest absolute Gasteiger partial charge is 0.339 e. The lowest BCUT2D eigenvalue weighted by Crippen LogP contribution is -2.57. The normalized spacial score (nSPS) is 46.0. The third-order valence-electron chi connectivity index (χ3n) is 6.32. The van der Waals surface area contributed by atoms with Gasteiger partial charge in [0.25, 0.3) is 0 Å². The van der Waals surface area contributed by atoms with Crippen molar-refractivity contribution in [3.8, 4) is 0 Å². The summed E-state index contributed by atoms with van der Waals surface area (Å²) in [5.41, 5.74) is 6.86. The zero-order valence-electron chi connectivity index (χ0n) is 13.5. The van der Waals surface area contributed by atoms with Crippen molar-refractivity contribution in [2.75, 3.05) is 6.54 Å². The van der Waals surface area contributed by atoms with Crippen LogP contribution in [0.3, 0.4) is 0 Å². The number of hydrogen-bond donors (Lipinski definition) is 1. The first-order valence-corrected chi connectivity index (χ1v) is 8.40. The summed E-state index contributed by atoms with van der Waals surface area (Å²) in [6.45, 7) is 7.58. The van der Waals surface area contributed by atoms with Gasteiger partial charge in [-0.2, -0.15) is 4.98 Å². The van der Waals surface area contributed by atoms with Gasteiger partial charge in [0.05, 0.1) is 0 Å². The van der Waals surface area contributed by atoms with E-state index in [1.54, 1.807) is 0 Å². The minimum Gasteiger partial charge on any atom is -0.339 e. The lowest BCUT2D eigenvalue weighted by molar-refractivity contribution is -0.113. The van der Waals surface area contributed by atoms with Gasteiger partial charge in [-0.1, -0.05) is 25.9 Å². The maximum Gasteiger partial charge on any atom is 0.230 e. The first-order valence-electron chi connectivity index (χ1n) is 8.40. The molecule has 4 aliphatic carbocycles. The first-order chi connectivity index (χ1) is 9.85. The summed E-state index contributed by atoms with van der Waals surface area (Å²) in [6, 6.07) is 0. The van der Waals surface area contributed by atoms with E-state index < -0.39 is 0 Å². The second-order valence-corrected chi connectivity index (χ2v) is 9.00. The fourth-order valence-electron chi connectivity index (χ4n) is 6.45. The molecule has 4 aliphatic rings. The molecule has 4 fully saturated rings. The van der Waals surface area contributed by atoms with E-state index in [0.717, 1.165) is 17.6 Å². The minimum atomic E-state index is 0.159. The molecule has 1 aromatic rings. The average Bonchev–Trinajstić information content (AvgIpc) is 2.83. The quantitative estimate of drug-likeness (QED) is 0.926. The van der Waals surface area contributed by atoms with Gasteiger partial charge in [-0.15, -0.1) is 0 Å². The third kappa shape index (κ3) is 1.98. The van der Waals surface area contributed by atoms with Gasteiger partial charge in [-0.25, -0.2) is 0 Å². The van der Waals surface area contributed by atoms with E-state index in [4.69, 9.17) is 15.2 Å². The molecule has 4 saturated carbocycles.